The number of ether oxygens (including phenoxy) is 2. The first-order valence-electron chi connectivity index (χ1n) is 7.20. The molecule has 21 heavy (non-hydrogen) atoms. The minimum atomic E-state index is -0.289. The van der Waals surface area contributed by atoms with Crippen LogP contribution in [0, 0.1) is 0 Å². The van der Waals surface area contributed by atoms with E-state index in [2.05, 4.69) is 0 Å². The number of carbonyl (C=O) groups is 1. The number of furan rings is 1. The summed E-state index contributed by atoms with van der Waals surface area (Å²) in [6.07, 6.45) is 4.34. The lowest BCUT2D eigenvalue weighted by molar-refractivity contribution is -0.137. The average Bonchev–Trinajstić information content (AvgIpc) is 2.85. The Morgan fingerprint density at radius 2 is 2.24 bits per heavy atom. The number of rotatable bonds is 3. The first kappa shape index (κ1) is 13.7. The van der Waals surface area contributed by atoms with Gasteiger partial charge in [-0.15, -0.1) is 0 Å². The van der Waals surface area contributed by atoms with Gasteiger partial charge in [-0.2, -0.15) is 0 Å². The zero-order chi connectivity index (χ0) is 14.8. The third kappa shape index (κ3) is 2.53. The van der Waals surface area contributed by atoms with Gasteiger partial charge in [0.1, 0.15) is 17.1 Å². The zero-order valence-corrected chi connectivity index (χ0v) is 12.3. The quantitative estimate of drug-likeness (QED) is 0.637. The summed E-state index contributed by atoms with van der Waals surface area (Å²) in [6, 6.07) is 5.78. The highest BCUT2D eigenvalue weighted by Gasteiger charge is 2.22. The number of hydrogen-bond acceptors (Lipinski definition) is 4. The summed E-state index contributed by atoms with van der Waals surface area (Å²) in [5.41, 5.74) is 2.85. The largest absolute Gasteiger partial charge is 0.497 e. The molecule has 1 aliphatic rings. The van der Waals surface area contributed by atoms with Crippen LogP contribution in [0.2, 0.25) is 0 Å². The molecule has 1 aromatic carbocycles. The number of allylic oxidation sites excluding steroid dienone is 1. The second-order valence-electron chi connectivity index (χ2n) is 5.04. The molecule has 2 aromatic rings. The topological polar surface area (TPSA) is 48.7 Å². The van der Waals surface area contributed by atoms with E-state index in [0.717, 1.165) is 52.9 Å². The van der Waals surface area contributed by atoms with Gasteiger partial charge in [-0.05, 0) is 37.5 Å². The van der Waals surface area contributed by atoms with E-state index in [4.69, 9.17) is 13.9 Å². The standard InChI is InChI=1S/C17H18O4/c1-3-20-16(18)9-11-5-4-6-14-17(11)13-8-7-12(19-2)10-15(13)21-14/h7-10H,3-6H2,1-2H3/b11-9+. The predicted molar refractivity (Wildman–Crippen MR) is 80.3 cm³/mol. The van der Waals surface area contributed by atoms with Crippen molar-refractivity contribution in [3.63, 3.8) is 0 Å². The molecule has 0 amide bonds. The van der Waals surface area contributed by atoms with Gasteiger partial charge in [0.2, 0.25) is 0 Å². The Bertz CT molecular complexity index is 709. The number of fused-ring (bicyclic) bond motifs is 3. The summed E-state index contributed by atoms with van der Waals surface area (Å²) in [5.74, 6) is 1.42. The fourth-order valence-electron chi connectivity index (χ4n) is 2.82. The molecule has 0 unspecified atom stereocenters. The van der Waals surface area contributed by atoms with Gasteiger partial charge in [0.15, 0.2) is 0 Å². The molecule has 4 nitrogen and oxygen atoms in total. The summed E-state index contributed by atoms with van der Waals surface area (Å²) >= 11 is 0. The summed E-state index contributed by atoms with van der Waals surface area (Å²) in [6.45, 7) is 2.20. The second-order valence-corrected chi connectivity index (χ2v) is 5.04. The van der Waals surface area contributed by atoms with Crippen molar-refractivity contribution in [2.24, 2.45) is 0 Å². The van der Waals surface area contributed by atoms with Crippen LogP contribution in [-0.2, 0) is 16.0 Å². The second kappa shape index (κ2) is 5.64. The summed E-state index contributed by atoms with van der Waals surface area (Å²) < 4.78 is 16.2. The van der Waals surface area contributed by atoms with E-state index < -0.39 is 0 Å². The fourth-order valence-corrected chi connectivity index (χ4v) is 2.82. The van der Waals surface area contributed by atoms with Crippen LogP contribution < -0.4 is 4.74 Å². The van der Waals surface area contributed by atoms with E-state index in [0.29, 0.717) is 6.61 Å². The van der Waals surface area contributed by atoms with Crippen LogP contribution in [0.15, 0.2) is 28.7 Å². The van der Waals surface area contributed by atoms with E-state index in [1.807, 2.05) is 25.1 Å². The van der Waals surface area contributed by atoms with Crippen LogP contribution in [0.5, 0.6) is 5.75 Å². The van der Waals surface area contributed by atoms with Gasteiger partial charge in [0.05, 0.1) is 13.7 Å². The fraction of sp³-hybridized carbons (Fsp3) is 0.353. The van der Waals surface area contributed by atoms with Gasteiger partial charge in [0.25, 0.3) is 0 Å². The van der Waals surface area contributed by atoms with Gasteiger partial charge in [0, 0.05) is 29.5 Å². The number of hydrogen-bond donors (Lipinski definition) is 0. The lowest BCUT2D eigenvalue weighted by atomic mass is 9.90. The Morgan fingerprint density at radius 1 is 1.38 bits per heavy atom. The lowest BCUT2D eigenvalue weighted by Gasteiger charge is -2.13. The first-order valence-corrected chi connectivity index (χ1v) is 7.20. The molecule has 0 aliphatic heterocycles. The van der Waals surface area contributed by atoms with E-state index >= 15 is 0 Å². The zero-order valence-electron chi connectivity index (χ0n) is 12.3. The summed E-state index contributed by atoms with van der Waals surface area (Å²) in [4.78, 5) is 11.7. The van der Waals surface area contributed by atoms with Crippen molar-refractivity contribution in [2.75, 3.05) is 13.7 Å². The molecule has 0 bridgehead atoms. The molecule has 0 atom stereocenters. The summed E-state index contributed by atoms with van der Waals surface area (Å²) in [7, 11) is 1.64. The Labute approximate surface area is 123 Å². The van der Waals surface area contributed by atoms with Crippen molar-refractivity contribution < 1.29 is 18.7 Å². The molecule has 1 aromatic heterocycles. The van der Waals surface area contributed by atoms with Gasteiger partial charge in [-0.1, -0.05) is 0 Å². The Morgan fingerprint density at radius 3 is 3.00 bits per heavy atom. The van der Waals surface area contributed by atoms with Gasteiger partial charge >= 0.3 is 5.97 Å². The smallest absolute Gasteiger partial charge is 0.331 e. The first-order chi connectivity index (χ1) is 10.2. The van der Waals surface area contributed by atoms with Crippen molar-refractivity contribution in [3.8, 4) is 5.75 Å². The van der Waals surface area contributed by atoms with Gasteiger partial charge in [-0.25, -0.2) is 4.79 Å². The molecule has 0 spiro atoms. The Balaban J connectivity index is 2.10. The van der Waals surface area contributed by atoms with E-state index in [9.17, 15) is 4.79 Å². The molecule has 0 saturated heterocycles. The number of aryl methyl sites for hydroxylation is 1. The van der Waals surface area contributed by atoms with Crippen molar-refractivity contribution in [3.05, 3.63) is 35.6 Å². The highest BCUT2D eigenvalue weighted by atomic mass is 16.5. The third-order valence-electron chi connectivity index (χ3n) is 3.72. The van der Waals surface area contributed by atoms with Crippen LogP contribution in [0.25, 0.3) is 16.5 Å². The van der Waals surface area contributed by atoms with Crippen molar-refractivity contribution >= 4 is 22.5 Å². The van der Waals surface area contributed by atoms with Crippen LogP contribution in [0.1, 0.15) is 31.1 Å². The SMILES string of the molecule is CCOC(=O)/C=C1\CCCc2oc3cc(OC)ccc3c21. The number of methoxy groups -OCH3 is 1. The predicted octanol–water partition coefficient (Wildman–Crippen LogP) is 3.72. The highest BCUT2D eigenvalue weighted by molar-refractivity contribution is 5.99. The third-order valence-corrected chi connectivity index (χ3v) is 3.72. The molecule has 0 saturated carbocycles. The minimum Gasteiger partial charge on any atom is -0.497 e. The lowest BCUT2D eigenvalue weighted by Crippen LogP contribution is -2.04. The van der Waals surface area contributed by atoms with Crippen molar-refractivity contribution in [2.45, 2.75) is 26.2 Å². The molecular formula is C17H18O4. The molecule has 1 aliphatic carbocycles. The number of carbonyl (C=O) groups excluding carboxylic acids is 1. The van der Waals surface area contributed by atoms with Crippen LogP contribution in [0.3, 0.4) is 0 Å². The normalized spacial score (nSPS) is 16.0. The maximum absolute atomic E-state index is 11.7. The van der Waals surface area contributed by atoms with Gasteiger partial charge < -0.3 is 13.9 Å². The molecule has 0 N–H and O–H groups in total. The molecule has 1 heterocycles. The van der Waals surface area contributed by atoms with Crippen LogP contribution in [0.4, 0.5) is 0 Å². The maximum Gasteiger partial charge on any atom is 0.331 e. The molecule has 0 radical (unpaired) electrons. The Hall–Kier alpha value is -2.23. The molecule has 3 rings (SSSR count). The molecule has 0 fully saturated rings. The monoisotopic (exact) mass is 286 g/mol. The number of esters is 1. The van der Waals surface area contributed by atoms with E-state index in [1.165, 1.54) is 0 Å². The van der Waals surface area contributed by atoms with Crippen LogP contribution in [-0.4, -0.2) is 19.7 Å². The van der Waals surface area contributed by atoms with E-state index in [1.54, 1.807) is 13.2 Å². The van der Waals surface area contributed by atoms with Crippen LogP contribution >= 0.6 is 0 Å². The molecular weight excluding hydrogens is 268 g/mol. The average molecular weight is 286 g/mol. The molecule has 110 valence electrons. The Kier molecular flexibility index (Phi) is 3.69. The highest BCUT2D eigenvalue weighted by Crippen LogP contribution is 2.39. The van der Waals surface area contributed by atoms with E-state index in [-0.39, 0.29) is 5.97 Å². The van der Waals surface area contributed by atoms with Gasteiger partial charge in [-0.3, -0.25) is 0 Å². The van der Waals surface area contributed by atoms with Crippen molar-refractivity contribution in [1.29, 1.82) is 0 Å². The minimum absolute atomic E-state index is 0.289. The summed E-state index contributed by atoms with van der Waals surface area (Å²) in [5, 5.41) is 1.03. The van der Waals surface area contributed by atoms with Crippen molar-refractivity contribution in [1.82, 2.24) is 0 Å². The number of benzene rings is 1. The maximum atomic E-state index is 11.7. The molecule has 4 heteroatoms.